The van der Waals surface area contributed by atoms with E-state index >= 15 is 8.78 Å². The van der Waals surface area contributed by atoms with Gasteiger partial charge in [-0.15, -0.1) is 0 Å². The van der Waals surface area contributed by atoms with Gasteiger partial charge in [-0.2, -0.15) is 0 Å². The lowest BCUT2D eigenvalue weighted by Gasteiger charge is -2.11. The average molecular weight is 990 g/mol. The lowest BCUT2D eigenvalue weighted by Crippen LogP contribution is -2.14. The smallest absolute Gasteiger partial charge is 0.362 e. The molecule has 0 fully saturated rings. The number of para-hydroxylation sites is 2. The SMILES string of the molecule is C.C.O=C(O)c1c(-c2ccc[nH]c2=O)c2c3occc3c(F)cc2n1Cc1cc2ccccc2nc1Cl.O=c1oc2ncccc2c2c3c4occc4c(F)cc3n(Cc3cc4ccccc4nc3Cl)c12. The monoisotopic (exact) mass is 988 g/mol. The number of aromatic nitrogens is 6. The first-order chi connectivity index (χ1) is 33.5. The second kappa shape index (κ2) is 17.7. The molecule has 0 aliphatic heterocycles. The van der Waals surface area contributed by atoms with Gasteiger partial charge >= 0.3 is 11.6 Å². The van der Waals surface area contributed by atoms with Gasteiger partial charge in [-0.1, -0.05) is 74.5 Å². The lowest BCUT2D eigenvalue weighted by molar-refractivity contribution is 0.0687. The van der Waals surface area contributed by atoms with E-state index in [4.69, 9.17) is 36.5 Å². The molecule has 0 amide bonds. The Bertz CT molecular complexity index is 4440. The third kappa shape index (κ3) is 7.36. The van der Waals surface area contributed by atoms with Crippen LogP contribution in [0.3, 0.4) is 0 Å². The predicted octanol–water partition coefficient (Wildman–Crippen LogP) is 13.5. The first-order valence-electron chi connectivity index (χ1n) is 21.1. The molecule has 4 aromatic carbocycles. The molecule has 0 saturated carbocycles. The van der Waals surface area contributed by atoms with Gasteiger partial charge in [0, 0.05) is 50.6 Å². The molecule has 0 saturated heterocycles. The van der Waals surface area contributed by atoms with E-state index in [0.29, 0.717) is 59.8 Å². The number of hydrogen-bond donors (Lipinski definition) is 2. The van der Waals surface area contributed by atoms with Crippen LogP contribution in [0.15, 0.2) is 157 Å². The molecule has 0 aliphatic carbocycles. The Kier molecular flexibility index (Phi) is 11.5. The van der Waals surface area contributed by atoms with Crippen molar-refractivity contribution in [2.75, 3.05) is 0 Å². The lowest BCUT2D eigenvalue weighted by atomic mass is 10.0. The third-order valence-electron chi connectivity index (χ3n) is 12.3. The quantitative estimate of drug-likeness (QED) is 0.153. The molecule has 0 atom stereocenters. The molecule has 13 rings (SSSR count). The normalized spacial score (nSPS) is 11.5. The van der Waals surface area contributed by atoms with Crippen LogP contribution in [0.25, 0.3) is 98.7 Å². The number of fused-ring (bicyclic) bond motifs is 12. The number of benzene rings is 4. The van der Waals surface area contributed by atoms with Gasteiger partial charge in [-0.3, -0.25) is 4.79 Å². The summed E-state index contributed by atoms with van der Waals surface area (Å²) >= 11 is 13.0. The van der Waals surface area contributed by atoms with Crippen molar-refractivity contribution in [1.82, 2.24) is 29.1 Å². The van der Waals surface area contributed by atoms with Gasteiger partial charge in [0.25, 0.3) is 5.56 Å². The maximum atomic E-state index is 15.1. The first kappa shape index (κ1) is 46.1. The number of nitrogens with one attached hydrogen (secondary N) is 1. The predicted molar refractivity (Wildman–Crippen MR) is 273 cm³/mol. The van der Waals surface area contributed by atoms with Crippen molar-refractivity contribution >= 4 is 117 Å². The standard InChI is InChI=1S/C26H15ClFN3O4.C26H13ClFN3O3.2CH4/c27-24-14(10-13-4-1-2-6-18(13)30-24)12-31-19-11-17(28)15-7-9-35-23(15)21(19)20(22(31)26(33)34)16-5-3-8-29-25(16)32;27-24-14(10-13-4-1-2-6-18(13)30-24)12-31-19-11-17(28)15-7-9-33-23(15)21(19)20-16-5-3-8-29-25(16)34-26(32)22(20)31;;/h1-11H,12H2,(H,29,32)(H,33,34);1-11H,12H2;2*1H4. The van der Waals surface area contributed by atoms with Gasteiger partial charge in [-0.05, 0) is 72.8 Å². The molecule has 2 N–H and O–H groups in total. The molecule has 13 aromatic rings. The topological polar surface area (TPSA) is 175 Å². The van der Waals surface area contributed by atoms with Gasteiger partial charge in [0.2, 0.25) is 5.71 Å². The highest BCUT2D eigenvalue weighted by atomic mass is 35.5. The summed E-state index contributed by atoms with van der Waals surface area (Å²) in [5.41, 5.74) is 3.43. The Morgan fingerprint density at radius 1 is 0.676 bits per heavy atom. The van der Waals surface area contributed by atoms with Crippen molar-refractivity contribution in [1.29, 1.82) is 0 Å². The van der Waals surface area contributed by atoms with Crippen LogP contribution in [0.2, 0.25) is 10.3 Å². The zero-order valence-corrected chi connectivity index (χ0v) is 36.8. The summed E-state index contributed by atoms with van der Waals surface area (Å²) in [4.78, 5) is 54.3. The number of hydrogen-bond acceptors (Lipinski definition) is 9. The number of H-pyrrole nitrogens is 1. The number of carbonyl (C=O) groups is 1. The Morgan fingerprint density at radius 3 is 1.86 bits per heavy atom. The van der Waals surface area contributed by atoms with E-state index in [1.807, 2.05) is 66.7 Å². The van der Waals surface area contributed by atoms with E-state index in [-0.39, 0.29) is 77.6 Å². The summed E-state index contributed by atoms with van der Waals surface area (Å²) in [5.74, 6) is -2.31. The minimum Gasteiger partial charge on any atom is -0.477 e. The van der Waals surface area contributed by atoms with E-state index in [0.717, 1.165) is 16.3 Å². The van der Waals surface area contributed by atoms with Crippen molar-refractivity contribution < 1.29 is 31.9 Å². The Labute approximate surface area is 408 Å². The number of rotatable bonds is 6. The number of carboxylic acid groups (broad SMARTS) is 1. The van der Waals surface area contributed by atoms with Crippen LogP contribution in [-0.4, -0.2) is 40.1 Å². The molecule has 9 aromatic heterocycles. The second-order valence-electron chi connectivity index (χ2n) is 16.2. The summed E-state index contributed by atoms with van der Waals surface area (Å²) in [7, 11) is 0. The first-order valence-corrected chi connectivity index (χ1v) is 21.9. The highest BCUT2D eigenvalue weighted by Gasteiger charge is 2.30. The van der Waals surface area contributed by atoms with Crippen LogP contribution in [0.5, 0.6) is 0 Å². The molecular weight excluding hydrogens is 954 g/mol. The summed E-state index contributed by atoms with van der Waals surface area (Å²) in [6.07, 6.45) is 5.77. The maximum Gasteiger partial charge on any atom is 0.362 e. The highest BCUT2D eigenvalue weighted by molar-refractivity contribution is 6.31. The molecule has 9 heterocycles. The third-order valence-corrected chi connectivity index (χ3v) is 13.0. The number of carboxylic acids is 1. The van der Waals surface area contributed by atoms with Gasteiger partial charge in [0.05, 0.1) is 74.8 Å². The van der Waals surface area contributed by atoms with Crippen LogP contribution in [0.1, 0.15) is 36.5 Å². The largest absolute Gasteiger partial charge is 0.477 e. The fourth-order valence-electron chi connectivity index (χ4n) is 9.35. The summed E-state index contributed by atoms with van der Waals surface area (Å²) < 4.78 is 50.1. The van der Waals surface area contributed by atoms with Gasteiger partial charge in [0.1, 0.15) is 44.3 Å². The molecular formula is C54H36Cl2F2N6O7. The van der Waals surface area contributed by atoms with Crippen LogP contribution in [0, 0.1) is 11.6 Å². The number of halogens is 4. The van der Waals surface area contributed by atoms with Gasteiger partial charge in [-0.25, -0.2) is 33.3 Å². The summed E-state index contributed by atoms with van der Waals surface area (Å²) in [5, 5.41) is 15.2. The molecule has 71 heavy (non-hydrogen) atoms. The summed E-state index contributed by atoms with van der Waals surface area (Å²) in [6.45, 7) is 0.157. The zero-order chi connectivity index (χ0) is 47.2. The number of aromatic carboxylic acids is 1. The van der Waals surface area contributed by atoms with Crippen molar-refractivity contribution in [3.63, 3.8) is 0 Å². The van der Waals surface area contributed by atoms with Crippen molar-refractivity contribution in [3.05, 3.63) is 194 Å². The van der Waals surface area contributed by atoms with Crippen molar-refractivity contribution in [2.45, 2.75) is 27.9 Å². The molecule has 352 valence electrons. The molecule has 0 spiro atoms. The van der Waals surface area contributed by atoms with Crippen LogP contribution < -0.4 is 11.2 Å². The molecule has 0 bridgehead atoms. The van der Waals surface area contributed by atoms with Gasteiger partial charge in [0.15, 0.2) is 0 Å². The van der Waals surface area contributed by atoms with E-state index < -0.39 is 28.8 Å². The minimum absolute atomic E-state index is 0. The van der Waals surface area contributed by atoms with E-state index in [9.17, 15) is 19.5 Å². The number of furan rings is 2. The van der Waals surface area contributed by atoms with Crippen LogP contribution in [-0.2, 0) is 13.1 Å². The molecule has 13 nitrogen and oxygen atoms in total. The number of nitrogens with zero attached hydrogens (tertiary/aromatic N) is 5. The molecule has 0 aliphatic rings. The summed E-state index contributed by atoms with van der Waals surface area (Å²) in [6, 6.07) is 31.2. The number of pyridine rings is 4. The highest BCUT2D eigenvalue weighted by Crippen LogP contribution is 2.42. The van der Waals surface area contributed by atoms with Crippen LogP contribution in [0.4, 0.5) is 8.78 Å². The van der Waals surface area contributed by atoms with Crippen molar-refractivity contribution in [3.8, 4) is 11.1 Å². The van der Waals surface area contributed by atoms with Crippen molar-refractivity contribution in [2.24, 2.45) is 0 Å². The maximum absolute atomic E-state index is 15.1. The fourth-order valence-corrected chi connectivity index (χ4v) is 9.76. The molecule has 0 unspecified atom stereocenters. The van der Waals surface area contributed by atoms with Gasteiger partial charge < -0.3 is 32.5 Å². The minimum atomic E-state index is -1.29. The number of aromatic amines is 1. The average Bonchev–Trinajstić information content (AvgIpc) is 4.15. The van der Waals surface area contributed by atoms with E-state index in [1.165, 1.54) is 47.6 Å². The Balaban J connectivity index is 0.000000159. The molecule has 0 radical (unpaired) electrons. The van der Waals surface area contributed by atoms with E-state index in [2.05, 4.69) is 19.9 Å². The molecule has 17 heteroatoms. The van der Waals surface area contributed by atoms with Crippen LogP contribution >= 0.6 is 23.2 Å². The Morgan fingerprint density at radius 2 is 1.25 bits per heavy atom. The fraction of sp³-hybridized carbons (Fsp3) is 0.0741. The second-order valence-corrected chi connectivity index (χ2v) is 16.9. The zero-order valence-electron chi connectivity index (χ0n) is 35.3. The Hall–Kier alpha value is -8.66. The van der Waals surface area contributed by atoms with E-state index in [1.54, 1.807) is 29.0 Å².